The van der Waals surface area contributed by atoms with Gasteiger partial charge in [-0.2, -0.15) is 0 Å². The molecule has 3 nitrogen and oxygen atoms in total. The molecule has 0 unspecified atom stereocenters. The van der Waals surface area contributed by atoms with E-state index >= 15 is 0 Å². The van der Waals surface area contributed by atoms with Gasteiger partial charge in [0.05, 0.1) is 5.52 Å². The molecular weight excluding hydrogens is 635 g/mol. The van der Waals surface area contributed by atoms with Gasteiger partial charge >= 0.3 is 0 Å². The Morgan fingerprint density at radius 1 is 0.919 bits per heavy atom. The Balaban J connectivity index is 0.000000262. The molecule has 0 amide bonds. The van der Waals surface area contributed by atoms with E-state index in [4.69, 9.17) is 4.98 Å². The Kier molecular flexibility index (Phi) is 11.7. The fourth-order valence-electron chi connectivity index (χ4n) is 4.31. The van der Waals surface area contributed by atoms with Crippen molar-refractivity contribution in [3.8, 4) is 11.3 Å². The second-order valence-corrected chi connectivity index (χ2v) is 9.54. The van der Waals surface area contributed by atoms with Crippen LogP contribution in [0.25, 0.3) is 32.9 Å². The molecule has 4 heteroatoms. The standard InChI is InChI=1S/C19H12N.C14H26O2.Ir/c1-3-9-16-14(6-1)8-5-10-17(16)19-13-12-15-7-2-4-11-18(15)20-19;1-6-11(7-2)12(15)10-13(16)14(5,8-3)9-4;/h1-9,11-13H;10-11,16H,6-9H2,1-5H3;/q-1;;/b;13-10-;. The van der Waals surface area contributed by atoms with E-state index < -0.39 is 0 Å². The van der Waals surface area contributed by atoms with Crippen LogP contribution in [0.3, 0.4) is 0 Å². The van der Waals surface area contributed by atoms with Crippen LogP contribution in [0, 0.1) is 17.4 Å². The zero-order valence-electron chi connectivity index (χ0n) is 22.5. The minimum atomic E-state index is -0.248. The van der Waals surface area contributed by atoms with Crippen molar-refractivity contribution in [2.75, 3.05) is 0 Å². The minimum Gasteiger partial charge on any atom is -0.512 e. The van der Waals surface area contributed by atoms with E-state index in [-0.39, 0.29) is 43.0 Å². The normalized spacial score (nSPS) is 11.7. The largest absolute Gasteiger partial charge is 0.512 e. The summed E-state index contributed by atoms with van der Waals surface area (Å²) in [6.07, 6.45) is 4.83. The monoisotopic (exact) mass is 673 g/mol. The number of para-hydroxylation sites is 1. The van der Waals surface area contributed by atoms with Gasteiger partial charge in [-0.15, -0.1) is 29.1 Å². The first kappa shape index (κ1) is 30.4. The van der Waals surface area contributed by atoms with Gasteiger partial charge in [-0.1, -0.05) is 94.6 Å². The summed E-state index contributed by atoms with van der Waals surface area (Å²) in [4.78, 5) is 16.6. The number of carbonyl (C=O) groups excluding carboxylic acids is 1. The molecule has 0 aliphatic carbocycles. The molecule has 0 aliphatic heterocycles. The Morgan fingerprint density at radius 3 is 2.19 bits per heavy atom. The van der Waals surface area contributed by atoms with Gasteiger partial charge in [-0.05, 0) is 42.8 Å². The number of fused-ring (bicyclic) bond motifs is 2. The van der Waals surface area contributed by atoms with Crippen molar-refractivity contribution in [2.24, 2.45) is 11.3 Å². The van der Waals surface area contributed by atoms with E-state index in [2.05, 4.69) is 54.6 Å². The molecule has 0 aliphatic rings. The van der Waals surface area contributed by atoms with Gasteiger partial charge in [0.15, 0.2) is 5.78 Å². The van der Waals surface area contributed by atoms with Crippen molar-refractivity contribution >= 4 is 27.5 Å². The molecule has 0 atom stereocenters. The summed E-state index contributed by atoms with van der Waals surface area (Å²) in [6.45, 7) is 10.1. The topological polar surface area (TPSA) is 50.2 Å². The predicted molar refractivity (Wildman–Crippen MR) is 152 cm³/mol. The predicted octanol–water partition coefficient (Wildman–Crippen LogP) is 9.11. The molecule has 1 N–H and O–H groups in total. The van der Waals surface area contributed by atoms with Gasteiger partial charge in [0.1, 0.15) is 5.76 Å². The molecule has 1 heterocycles. The number of aliphatic hydroxyl groups excluding tert-OH is 1. The van der Waals surface area contributed by atoms with E-state index in [0.29, 0.717) is 0 Å². The molecule has 0 saturated heterocycles. The molecule has 0 saturated carbocycles. The van der Waals surface area contributed by atoms with E-state index in [1.165, 1.54) is 16.8 Å². The quantitative estimate of drug-likeness (QED) is 0.115. The van der Waals surface area contributed by atoms with E-state index in [0.717, 1.165) is 47.8 Å². The third-order valence-corrected chi connectivity index (χ3v) is 7.42. The third-order valence-electron chi connectivity index (χ3n) is 7.42. The SMILES string of the molecule is CCC(CC)C(=O)/C=C(\O)C(C)(CC)CC.[Ir].[c-]1ccc2ccccc2c1-c1ccc2ccccc2n1. The molecular formula is C33H38IrNO2-. The van der Waals surface area contributed by atoms with Crippen LogP contribution in [0.15, 0.2) is 84.6 Å². The molecule has 0 spiro atoms. The van der Waals surface area contributed by atoms with Crippen LogP contribution in [0.2, 0.25) is 0 Å². The molecule has 0 fully saturated rings. The first-order chi connectivity index (χ1) is 17.4. The van der Waals surface area contributed by atoms with Crippen LogP contribution >= 0.6 is 0 Å². The van der Waals surface area contributed by atoms with Gasteiger partial charge in [-0.3, -0.25) is 9.78 Å². The molecule has 4 rings (SSSR count). The second-order valence-electron chi connectivity index (χ2n) is 9.54. The van der Waals surface area contributed by atoms with Crippen molar-refractivity contribution in [3.63, 3.8) is 0 Å². The van der Waals surface area contributed by atoms with E-state index in [1.807, 2.05) is 58.9 Å². The fourth-order valence-corrected chi connectivity index (χ4v) is 4.31. The molecule has 3 aromatic carbocycles. The van der Waals surface area contributed by atoms with Gasteiger partial charge in [0.25, 0.3) is 0 Å². The van der Waals surface area contributed by atoms with Crippen LogP contribution in [-0.2, 0) is 24.9 Å². The van der Waals surface area contributed by atoms with Gasteiger partial charge in [-0.25, -0.2) is 0 Å². The fraction of sp³-hybridized carbons (Fsp3) is 0.333. The van der Waals surface area contributed by atoms with Crippen LogP contribution in [-0.4, -0.2) is 15.9 Å². The number of nitrogens with zero attached hydrogens (tertiary/aromatic N) is 1. The summed E-state index contributed by atoms with van der Waals surface area (Å²) >= 11 is 0. The van der Waals surface area contributed by atoms with Crippen molar-refractivity contribution in [1.82, 2.24) is 4.98 Å². The summed E-state index contributed by atoms with van der Waals surface area (Å²) in [5.74, 6) is 0.366. The number of aliphatic hydroxyl groups is 1. The number of pyridine rings is 1. The summed E-state index contributed by atoms with van der Waals surface area (Å²) in [6, 6.07) is 28.1. The smallest absolute Gasteiger partial charge is 0.162 e. The third kappa shape index (κ3) is 7.37. The number of ketones is 1. The number of benzene rings is 3. The summed E-state index contributed by atoms with van der Waals surface area (Å²) in [7, 11) is 0. The van der Waals surface area contributed by atoms with Crippen molar-refractivity contribution in [2.45, 2.75) is 60.3 Å². The first-order valence-electron chi connectivity index (χ1n) is 13.1. The number of carbonyl (C=O) groups is 1. The van der Waals surface area contributed by atoms with Gasteiger partial charge < -0.3 is 5.11 Å². The second kappa shape index (κ2) is 14.2. The Morgan fingerprint density at radius 2 is 1.54 bits per heavy atom. The number of hydrogen-bond acceptors (Lipinski definition) is 3. The summed E-state index contributed by atoms with van der Waals surface area (Å²) in [5.41, 5.74) is 2.81. The zero-order valence-corrected chi connectivity index (χ0v) is 24.9. The van der Waals surface area contributed by atoms with Crippen molar-refractivity contribution < 1.29 is 30.0 Å². The maximum absolute atomic E-state index is 11.9. The summed E-state index contributed by atoms with van der Waals surface area (Å²) in [5, 5.41) is 13.6. The van der Waals surface area contributed by atoms with E-state index in [9.17, 15) is 9.90 Å². The van der Waals surface area contributed by atoms with Crippen molar-refractivity contribution in [1.29, 1.82) is 0 Å². The first-order valence-corrected chi connectivity index (χ1v) is 13.1. The maximum Gasteiger partial charge on any atom is 0.162 e. The molecule has 197 valence electrons. The maximum atomic E-state index is 11.9. The van der Waals surface area contributed by atoms with Crippen LogP contribution in [0.4, 0.5) is 0 Å². The summed E-state index contributed by atoms with van der Waals surface area (Å²) < 4.78 is 0. The van der Waals surface area contributed by atoms with Gasteiger partial charge in [0.2, 0.25) is 0 Å². The molecule has 1 aromatic heterocycles. The van der Waals surface area contributed by atoms with Gasteiger partial charge in [0, 0.05) is 37.5 Å². The Hall–Kier alpha value is -2.81. The van der Waals surface area contributed by atoms with Crippen LogP contribution in [0.1, 0.15) is 60.3 Å². The molecule has 0 bridgehead atoms. The Labute approximate surface area is 235 Å². The number of hydrogen-bond donors (Lipinski definition) is 1. The zero-order chi connectivity index (χ0) is 26.1. The molecule has 37 heavy (non-hydrogen) atoms. The number of rotatable bonds is 8. The van der Waals surface area contributed by atoms with Crippen molar-refractivity contribution in [3.05, 3.63) is 90.7 Å². The Bertz CT molecular complexity index is 1330. The molecule has 1 radical (unpaired) electrons. The van der Waals surface area contributed by atoms with Crippen LogP contribution in [0.5, 0.6) is 0 Å². The van der Waals surface area contributed by atoms with E-state index in [1.54, 1.807) is 0 Å². The number of allylic oxidation sites excluding steroid dienone is 2. The average Bonchev–Trinajstić information content (AvgIpc) is 2.93. The number of aromatic nitrogens is 1. The van der Waals surface area contributed by atoms with Crippen LogP contribution < -0.4 is 0 Å². The average molecular weight is 673 g/mol. The molecule has 4 aromatic rings. The minimum absolute atomic E-state index is 0.